The van der Waals surface area contributed by atoms with Gasteiger partial charge in [-0.1, -0.05) is 51.1 Å². The molecule has 6 heteroatoms. The summed E-state index contributed by atoms with van der Waals surface area (Å²) in [5.74, 6) is 0.163. The molecule has 2 heterocycles. The summed E-state index contributed by atoms with van der Waals surface area (Å²) in [6.45, 7) is 7.99. The van der Waals surface area contributed by atoms with Crippen molar-refractivity contribution in [3.05, 3.63) is 35.9 Å². The summed E-state index contributed by atoms with van der Waals surface area (Å²) < 4.78 is 0. The average Bonchev–Trinajstić information content (AvgIpc) is 3.07. The molecule has 0 aliphatic carbocycles. The van der Waals surface area contributed by atoms with E-state index in [4.69, 9.17) is 0 Å². The van der Waals surface area contributed by atoms with Gasteiger partial charge in [-0.05, 0) is 30.2 Å². The zero-order valence-corrected chi connectivity index (χ0v) is 17.8. The normalized spacial score (nSPS) is 20.8. The Bertz CT molecular complexity index is 733. The van der Waals surface area contributed by atoms with Crippen LogP contribution in [0.3, 0.4) is 0 Å². The van der Waals surface area contributed by atoms with Crippen LogP contribution in [0.5, 0.6) is 0 Å². The predicted octanol–water partition coefficient (Wildman–Crippen LogP) is 2.72. The standard InChI is InChI=1S/C23H33N3O3/c1-23(2,3)15-21(28)25-13-11-18(12-14-25)26-19(9-10-20(26)27)22(29)24-16-17-7-5-4-6-8-17/h4-8,18-19H,9-16H2,1-3H3,(H,24,29). The average molecular weight is 400 g/mol. The van der Waals surface area contributed by atoms with Gasteiger partial charge in [-0.3, -0.25) is 14.4 Å². The van der Waals surface area contributed by atoms with Crippen LogP contribution in [-0.4, -0.2) is 52.7 Å². The minimum atomic E-state index is -0.395. The molecule has 2 saturated heterocycles. The summed E-state index contributed by atoms with van der Waals surface area (Å²) >= 11 is 0. The van der Waals surface area contributed by atoms with Crippen LogP contribution in [-0.2, 0) is 20.9 Å². The van der Waals surface area contributed by atoms with Crippen LogP contribution in [0.25, 0.3) is 0 Å². The van der Waals surface area contributed by atoms with Gasteiger partial charge in [0.15, 0.2) is 0 Å². The quantitative estimate of drug-likeness (QED) is 0.828. The maximum atomic E-state index is 12.8. The molecule has 3 rings (SSSR count). The van der Waals surface area contributed by atoms with Crippen molar-refractivity contribution in [2.75, 3.05) is 13.1 Å². The summed E-state index contributed by atoms with van der Waals surface area (Å²) in [5, 5.41) is 2.99. The van der Waals surface area contributed by atoms with Crippen LogP contribution in [0.15, 0.2) is 30.3 Å². The predicted molar refractivity (Wildman–Crippen MR) is 112 cm³/mol. The van der Waals surface area contributed by atoms with E-state index in [2.05, 4.69) is 26.1 Å². The molecule has 3 amide bonds. The van der Waals surface area contributed by atoms with Crippen LogP contribution < -0.4 is 5.32 Å². The smallest absolute Gasteiger partial charge is 0.243 e. The fourth-order valence-corrected chi connectivity index (χ4v) is 4.28. The summed E-state index contributed by atoms with van der Waals surface area (Å²) in [6.07, 6.45) is 3.01. The monoisotopic (exact) mass is 399 g/mol. The molecule has 6 nitrogen and oxygen atoms in total. The molecule has 0 saturated carbocycles. The minimum absolute atomic E-state index is 0.0270. The number of likely N-dealkylation sites (tertiary alicyclic amines) is 2. The Labute approximate surface area is 173 Å². The van der Waals surface area contributed by atoms with Gasteiger partial charge in [-0.2, -0.15) is 0 Å². The Morgan fingerprint density at radius 1 is 1.07 bits per heavy atom. The summed E-state index contributed by atoms with van der Waals surface area (Å²) in [5.41, 5.74) is 1.02. The first-order valence-corrected chi connectivity index (χ1v) is 10.7. The Kier molecular flexibility index (Phi) is 6.60. The first-order chi connectivity index (χ1) is 13.7. The van der Waals surface area contributed by atoms with E-state index in [-0.39, 0.29) is 29.2 Å². The fourth-order valence-electron chi connectivity index (χ4n) is 4.28. The number of nitrogens with one attached hydrogen (secondary N) is 1. The number of rotatable bonds is 5. The van der Waals surface area contributed by atoms with Crippen LogP contribution in [0.1, 0.15) is 58.4 Å². The lowest BCUT2D eigenvalue weighted by molar-refractivity contribution is -0.140. The van der Waals surface area contributed by atoms with Crippen molar-refractivity contribution < 1.29 is 14.4 Å². The van der Waals surface area contributed by atoms with Crippen molar-refractivity contribution in [3.63, 3.8) is 0 Å². The maximum Gasteiger partial charge on any atom is 0.243 e. The molecule has 2 aliphatic rings. The number of hydrogen-bond donors (Lipinski definition) is 1. The third-order valence-corrected chi connectivity index (χ3v) is 5.76. The number of amides is 3. The van der Waals surface area contributed by atoms with E-state index in [1.165, 1.54) is 0 Å². The lowest BCUT2D eigenvalue weighted by atomic mass is 9.91. The SMILES string of the molecule is CC(C)(C)CC(=O)N1CCC(N2C(=O)CCC2C(=O)NCc2ccccc2)CC1. The molecule has 1 aromatic carbocycles. The van der Waals surface area contributed by atoms with Crippen molar-refractivity contribution in [1.29, 1.82) is 0 Å². The highest BCUT2D eigenvalue weighted by Crippen LogP contribution is 2.28. The zero-order valence-electron chi connectivity index (χ0n) is 17.8. The highest BCUT2D eigenvalue weighted by atomic mass is 16.2. The molecule has 158 valence electrons. The molecule has 2 fully saturated rings. The van der Waals surface area contributed by atoms with E-state index in [0.717, 1.165) is 18.4 Å². The topological polar surface area (TPSA) is 69.7 Å². The van der Waals surface area contributed by atoms with Crippen LogP contribution in [0.2, 0.25) is 0 Å². The minimum Gasteiger partial charge on any atom is -0.350 e. The molecule has 1 aromatic rings. The lowest BCUT2D eigenvalue weighted by Crippen LogP contribution is -2.53. The van der Waals surface area contributed by atoms with Crippen molar-refractivity contribution in [2.45, 2.75) is 71.5 Å². The molecule has 1 N–H and O–H groups in total. The van der Waals surface area contributed by atoms with E-state index < -0.39 is 6.04 Å². The molecule has 29 heavy (non-hydrogen) atoms. The molecular weight excluding hydrogens is 366 g/mol. The molecule has 0 bridgehead atoms. The van der Waals surface area contributed by atoms with Crippen molar-refractivity contribution in [2.24, 2.45) is 5.41 Å². The molecular formula is C23H33N3O3. The van der Waals surface area contributed by atoms with Gasteiger partial charge < -0.3 is 15.1 Å². The molecule has 1 atom stereocenters. The van der Waals surface area contributed by atoms with Gasteiger partial charge >= 0.3 is 0 Å². The van der Waals surface area contributed by atoms with Crippen LogP contribution >= 0.6 is 0 Å². The summed E-state index contributed by atoms with van der Waals surface area (Å²) in [4.78, 5) is 41.5. The second-order valence-corrected chi connectivity index (χ2v) is 9.41. The Balaban J connectivity index is 1.55. The number of nitrogens with zero attached hydrogens (tertiary/aromatic N) is 2. The Hall–Kier alpha value is -2.37. The van der Waals surface area contributed by atoms with Gasteiger partial charge in [0, 0.05) is 38.5 Å². The third-order valence-electron chi connectivity index (χ3n) is 5.76. The fraction of sp³-hybridized carbons (Fsp3) is 0.609. The second-order valence-electron chi connectivity index (χ2n) is 9.41. The van der Waals surface area contributed by atoms with Crippen molar-refractivity contribution in [3.8, 4) is 0 Å². The largest absolute Gasteiger partial charge is 0.350 e. The molecule has 0 spiro atoms. The van der Waals surface area contributed by atoms with E-state index in [0.29, 0.717) is 38.9 Å². The van der Waals surface area contributed by atoms with Gasteiger partial charge in [0.25, 0.3) is 0 Å². The van der Waals surface area contributed by atoms with Gasteiger partial charge in [-0.15, -0.1) is 0 Å². The van der Waals surface area contributed by atoms with Gasteiger partial charge in [-0.25, -0.2) is 0 Å². The number of carbonyl (C=O) groups is 3. The highest BCUT2D eigenvalue weighted by Gasteiger charge is 2.41. The van der Waals surface area contributed by atoms with Crippen LogP contribution in [0, 0.1) is 5.41 Å². The lowest BCUT2D eigenvalue weighted by Gasteiger charge is -2.39. The van der Waals surface area contributed by atoms with Crippen molar-refractivity contribution >= 4 is 17.7 Å². The molecule has 0 radical (unpaired) electrons. The maximum absolute atomic E-state index is 12.8. The number of piperidine rings is 1. The second kappa shape index (κ2) is 8.97. The molecule has 1 unspecified atom stereocenters. The number of benzene rings is 1. The number of carbonyl (C=O) groups excluding carboxylic acids is 3. The summed E-state index contributed by atoms with van der Waals surface area (Å²) in [6, 6.07) is 9.43. The molecule has 2 aliphatic heterocycles. The third kappa shape index (κ3) is 5.58. The summed E-state index contributed by atoms with van der Waals surface area (Å²) in [7, 11) is 0. The molecule has 0 aromatic heterocycles. The first kappa shape index (κ1) is 21.3. The van der Waals surface area contributed by atoms with E-state index in [1.807, 2.05) is 35.2 Å². The van der Waals surface area contributed by atoms with Crippen LogP contribution in [0.4, 0.5) is 0 Å². The van der Waals surface area contributed by atoms with Gasteiger partial charge in [0.05, 0.1) is 0 Å². The Morgan fingerprint density at radius 3 is 2.34 bits per heavy atom. The number of hydrogen-bond acceptors (Lipinski definition) is 3. The van der Waals surface area contributed by atoms with Crippen molar-refractivity contribution in [1.82, 2.24) is 15.1 Å². The van der Waals surface area contributed by atoms with E-state index in [1.54, 1.807) is 4.90 Å². The Morgan fingerprint density at radius 2 is 1.72 bits per heavy atom. The van der Waals surface area contributed by atoms with Gasteiger partial charge in [0.2, 0.25) is 17.7 Å². The zero-order chi connectivity index (χ0) is 21.0. The highest BCUT2D eigenvalue weighted by molar-refractivity contribution is 5.91. The van der Waals surface area contributed by atoms with E-state index >= 15 is 0 Å². The van der Waals surface area contributed by atoms with E-state index in [9.17, 15) is 14.4 Å². The van der Waals surface area contributed by atoms with Gasteiger partial charge in [0.1, 0.15) is 6.04 Å². The first-order valence-electron chi connectivity index (χ1n) is 10.7.